The van der Waals surface area contributed by atoms with E-state index in [1.807, 2.05) is 12.1 Å². The molecule has 1 atom stereocenters. The van der Waals surface area contributed by atoms with Crippen LogP contribution in [0.3, 0.4) is 0 Å². The zero-order valence-electron chi connectivity index (χ0n) is 23.4. The normalized spacial score (nSPS) is 14.2. The van der Waals surface area contributed by atoms with Gasteiger partial charge in [-0.15, -0.1) is 0 Å². The van der Waals surface area contributed by atoms with Crippen LogP contribution in [0.2, 0.25) is 0 Å². The third-order valence-corrected chi connectivity index (χ3v) is 6.89. The third kappa shape index (κ3) is 7.55. The molecule has 0 spiro atoms. The van der Waals surface area contributed by atoms with Crippen molar-refractivity contribution in [2.75, 3.05) is 24.7 Å². The first kappa shape index (κ1) is 29.9. The maximum absolute atomic E-state index is 13.4. The van der Waals surface area contributed by atoms with Crippen LogP contribution in [-0.2, 0) is 16.1 Å². The van der Waals surface area contributed by atoms with Crippen LogP contribution in [0, 0.1) is 0 Å². The first-order valence-electron chi connectivity index (χ1n) is 13.6. The number of ether oxygens (including phenoxy) is 1. The van der Waals surface area contributed by atoms with E-state index >= 15 is 0 Å². The third-order valence-electron chi connectivity index (χ3n) is 6.89. The molecule has 1 aliphatic rings. The van der Waals surface area contributed by atoms with Gasteiger partial charge in [0.2, 0.25) is 0 Å². The first-order valence-corrected chi connectivity index (χ1v) is 13.6. The van der Waals surface area contributed by atoms with E-state index in [-0.39, 0.29) is 18.4 Å². The number of hydrogen-bond acceptors (Lipinski definition) is 8. The number of nitrogens with zero attached hydrogens (tertiary/aromatic N) is 3. The molecule has 42 heavy (non-hydrogen) atoms. The molecule has 2 aromatic heterocycles. The molecule has 5 N–H and O–H groups in total. The van der Waals surface area contributed by atoms with E-state index in [1.54, 1.807) is 84.3 Å². The van der Waals surface area contributed by atoms with Gasteiger partial charge in [-0.05, 0) is 84.5 Å². The summed E-state index contributed by atoms with van der Waals surface area (Å²) in [5.74, 6) is -0.877. The van der Waals surface area contributed by atoms with Gasteiger partial charge >= 0.3 is 5.97 Å². The molecule has 0 bridgehead atoms. The molecule has 10 heteroatoms. The topological polar surface area (TPSA) is 154 Å². The van der Waals surface area contributed by atoms with E-state index < -0.39 is 12.0 Å². The second-order valence-electron chi connectivity index (χ2n) is 9.66. The van der Waals surface area contributed by atoms with Crippen molar-refractivity contribution in [3.8, 4) is 11.1 Å². The number of methoxy groups -OCH3 is 1. The molecule has 0 aliphatic carbocycles. The van der Waals surface area contributed by atoms with Crippen molar-refractivity contribution in [2.45, 2.75) is 31.8 Å². The number of amides is 2. The minimum Gasteiger partial charge on any atom is -0.467 e. The molecule has 1 fully saturated rings. The predicted octanol–water partition coefficient (Wildman–Crippen LogP) is 4.29. The molecule has 1 aliphatic heterocycles. The number of esters is 1. The summed E-state index contributed by atoms with van der Waals surface area (Å²) in [5.41, 5.74) is 16.0. The van der Waals surface area contributed by atoms with Gasteiger partial charge < -0.3 is 26.4 Å². The summed E-state index contributed by atoms with van der Waals surface area (Å²) in [4.78, 5) is 47.8. The Morgan fingerprint density at radius 1 is 0.929 bits per heavy atom. The number of likely N-dealkylation sites (tertiary alicyclic amines) is 1. The van der Waals surface area contributed by atoms with Crippen molar-refractivity contribution in [2.24, 2.45) is 5.73 Å². The number of hydrogen-bond donors (Lipinski definition) is 3. The highest BCUT2D eigenvalue weighted by Gasteiger charge is 2.33. The lowest BCUT2D eigenvalue weighted by molar-refractivity contribution is -0.147. The minimum absolute atomic E-state index is 0.220. The number of rotatable bonds is 6. The number of piperidine rings is 1. The molecule has 3 heterocycles. The smallest absolute Gasteiger partial charge is 0.328 e. The van der Waals surface area contributed by atoms with Gasteiger partial charge in [0.1, 0.15) is 6.04 Å². The highest BCUT2D eigenvalue weighted by Crippen LogP contribution is 2.28. The van der Waals surface area contributed by atoms with Crippen molar-refractivity contribution in [1.29, 1.82) is 0 Å². The van der Waals surface area contributed by atoms with Crippen LogP contribution in [0.15, 0.2) is 91.5 Å². The van der Waals surface area contributed by atoms with E-state index in [9.17, 15) is 14.4 Å². The largest absolute Gasteiger partial charge is 0.467 e. The number of aromatic nitrogens is 2. The van der Waals surface area contributed by atoms with E-state index in [0.717, 1.165) is 35.2 Å². The van der Waals surface area contributed by atoms with Gasteiger partial charge in [0.05, 0.1) is 7.11 Å². The highest BCUT2D eigenvalue weighted by atomic mass is 16.5. The molecular weight excluding hydrogens is 532 g/mol. The second kappa shape index (κ2) is 14.5. The number of nitrogens with one attached hydrogen (secondary N) is 1. The van der Waals surface area contributed by atoms with Crippen LogP contribution >= 0.6 is 0 Å². The van der Waals surface area contributed by atoms with Crippen molar-refractivity contribution in [1.82, 2.24) is 14.9 Å². The second-order valence-corrected chi connectivity index (χ2v) is 9.66. The summed E-state index contributed by atoms with van der Waals surface area (Å²) in [5, 5.41) is 2.85. The van der Waals surface area contributed by atoms with Gasteiger partial charge in [-0.2, -0.15) is 0 Å². The number of nitrogen functional groups attached to an aromatic ring is 1. The Labute approximate surface area is 244 Å². The molecule has 4 aromatic rings. The zero-order chi connectivity index (χ0) is 29.9. The fourth-order valence-electron chi connectivity index (χ4n) is 4.71. The number of carbonyl (C=O) groups is 3. The monoisotopic (exact) mass is 566 g/mol. The Morgan fingerprint density at radius 2 is 1.64 bits per heavy atom. The SMILES string of the molecule is COC(=O)C1CCCCN1C(=O)c1cccc(-c2cc(C(=O)Nc3ccncc3)ccc2CN)c1.Nc1ccncc1. The minimum atomic E-state index is -0.579. The Kier molecular flexibility index (Phi) is 10.3. The zero-order valence-corrected chi connectivity index (χ0v) is 23.4. The quantitative estimate of drug-likeness (QED) is 0.292. The van der Waals surface area contributed by atoms with Crippen LogP contribution in [-0.4, -0.2) is 52.3 Å². The Hall–Kier alpha value is -5.09. The van der Waals surface area contributed by atoms with Gasteiger partial charge in [-0.3, -0.25) is 19.6 Å². The average Bonchev–Trinajstić information content (AvgIpc) is 3.05. The van der Waals surface area contributed by atoms with E-state index in [2.05, 4.69) is 15.3 Å². The van der Waals surface area contributed by atoms with Crippen LogP contribution in [0.25, 0.3) is 11.1 Å². The molecule has 0 saturated carbocycles. The fraction of sp³-hybridized carbons (Fsp3) is 0.219. The number of carbonyl (C=O) groups excluding carboxylic acids is 3. The molecule has 2 aromatic carbocycles. The number of nitrogens with two attached hydrogens (primary N) is 2. The molecule has 10 nitrogen and oxygen atoms in total. The standard InChI is InChI=1S/C27H28N4O4.C5H6N2/c1-35-27(34)24-7-2-3-14-31(24)26(33)20-6-4-5-18(15-20)23-16-19(8-9-21(23)17-28)25(32)30-22-10-12-29-13-11-22;6-5-1-3-7-4-2-5/h4-6,8-13,15-16,24H,2-3,7,14,17,28H2,1H3,(H,29,30,32);1-4H,(H2,6,7). The Bertz CT molecular complexity index is 1510. The van der Waals surface area contributed by atoms with Crippen LogP contribution in [0.5, 0.6) is 0 Å². The summed E-state index contributed by atoms with van der Waals surface area (Å²) in [6, 6.07) is 18.9. The molecular formula is C32H34N6O4. The summed E-state index contributed by atoms with van der Waals surface area (Å²) < 4.78 is 4.92. The fourth-order valence-corrected chi connectivity index (χ4v) is 4.71. The molecule has 2 amide bonds. The summed E-state index contributed by atoms with van der Waals surface area (Å²) >= 11 is 0. The van der Waals surface area contributed by atoms with Crippen LogP contribution in [0.4, 0.5) is 11.4 Å². The van der Waals surface area contributed by atoms with E-state index in [0.29, 0.717) is 29.8 Å². The molecule has 0 radical (unpaired) electrons. The van der Waals surface area contributed by atoms with E-state index in [1.165, 1.54) is 7.11 Å². The van der Waals surface area contributed by atoms with Gasteiger partial charge in [-0.25, -0.2) is 4.79 Å². The van der Waals surface area contributed by atoms with Crippen LogP contribution < -0.4 is 16.8 Å². The van der Waals surface area contributed by atoms with Crippen molar-refractivity contribution >= 4 is 29.2 Å². The van der Waals surface area contributed by atoms with Gasteiger partial charge in [0.25, 0.3) is 11.8 Å². The summed E-state index contributed by atoms with van der Waals surface area (Å²) in [6.07, 6.45) is 8.83. The molecule has 216 valence electrons. The summed E-state index contributed by atoms with van der Waals surface area (Å²) in [7, 11) is 1.34. The number of benzene rings is 2. The van der Waals surface area contributed by atoms with E-state index in [4.69, 9.17) is 16.2 Å². The lowest BCUT2D eigenvalue weighted by atomic mass is 9.94. The summed E-state index contributed by atoms with van der Waals surface area (Å²) in [6.45, 7) is 0.776. The van der Waals surface area contributed by atoms with Gasteiger partial charge in [0, 0.05) is 60.4 Å². The van der Waals surface area contributed by atoms with Crippen molar-refractivity contribution in [3.63, 3.8) is 0 Å². The maximum atomic E-state index is 13.4. The molecule has 1 saturated heterocycles. The Morgan fingerprint density at radius 3 is 2.29 bits per heavy atom. The maximum Gasteiger partial charge on any atom is 0.328 e. The first-order chi connectivity index (χ1) is 20.4. The van der Waals surface area contributed by atoms with Crippen molar-refractivity contribution in [3.05, 3.63) is 108 Å². The van der Waals surface area contributed by atoms with Gasteiger partial charge in [-0.1, -0.05) is 18.2 Å². The highest BCUT2D eigenvalue weighted by molar-refractivity contribution is 6.05. The lowest BCUT2D eigenvalue weighted by Gasteiger charge is -2.33. The molecule has 1 unspecified atom stereocenters. The van der Waals surface area contributed by atoms with Crippen molar-refractivity contribution < 1.29 is 19.1 Å². The average molecular weight is 567 g/mol. The Balaban J connectivity index is 0.000000507. The van der Waals surface area contributed by atoms with Gasteiger partial charge in [0.15, 0.2) is 0 Å². The van der Waals surface area contributed by atoms with Crippen LogP contribution in [0.1, 0.15) is 45.5 Å². The lowest BCUT2D eigenvalue weighted by Crippen LogP contribution is -2.48. The predicted molar refractivity (Wildman–Crippen MR) is 161 cm³/mol. The number of anilines is 2. The number of pyridine rings is 2. The molecule has 5 rings (SSSR count).